The fraction of sp³-hybridized carbons (Fsp3) is 0.500. The number of aryl methyl sites for hydroxylation is 2. The Morgan fingerprint density at radius 2 is 2.13 bits per heavy atom. The van der Waals surface area contributed by atoms with Gasteiger partial charge >= 0.3 is 5.97 Å². The smallest absolute Gasteiger partial charge is 0.339 e. The van der Waals surface area contributed by atoms with Gasteiger partial charge in [-0.25, -0.2) is 9.78 Å². The topological polar surface area (TPSA) is 94.3 Å². The average Bonchev–Trinajstić information content (AvgIpc) is 2.85. The van der Waals surface area contributed by atoms with Gasteiger partial charge < -0.3 is 14.6 Å². The van der Waals surface area contributed by atoms with E-state index in [2.05, 4.69) is 15.5 Å². The molecule has 23 heavy (non-hydrogen) atoms. The van der Waals surface area contributed by atoms with Gasteiger partial charge in [-0.2, -0.15) is 0 Å². The van der Waals surface area contributed by atoms with Crippen molar-refractivity contribution in [1.82, 2.24) is 15.5 Å². The Bertz CT molecular complexity index is 723. The summed E-state index contributed by atoms with van der Waals surface area (Å²) in [7, 11) is 0. The number of ether oxygens (including phenoxy) is 1. The highest BCUT2D eigenvalue weighted by molar-refractivity contribution is 6.03. The monoisotopic (exact) mass is 319 g/mol. The third-order valence-electron chi connectivity index (χ3n) is 3.43. The van der Waals surface area contributed by atoms with E-state index >= 15 is 0 Å². The van der Waals surface area contributed by atoms with Crippen molar-refractivity contribution in [3.8, 4) is 0 Å². The lowest BCUT2D eigenvalue weighted by atomic mass is 10.1. The van der Waals surface area contributed by atoms with Gasteiger partial charge in [-0.1, -0.05) is 18.5 Å². The summed E-state index contributed by atoms with van der Waals surface area (Å²) in [5.74, 6) is -0.909. The normalized spacial score (nSPS) is 12.2. The van der Waals surface area contributed by atoms with Gasteiger partial charge in [0.2, 0.25) is 0 Å². The maximum absolute atomic E-state index is 12.3. The Hall–Kier alpha value is -2.44. The second kappa shape index (κ2) is 7.21. The van der Waals surface area contributed by atoms with Crippen molar-refractivity contribution in [2.75, 3.05) is 6.61 Å². The summed E-state index contributed by atoms with van der Waals surface area (Å²) in [6.07, 6.45) is 1.85. The first kappa shape index (κ1) is 16.9. The van der Waals surface area contributed by atoms with Crippen LogP contribution in [0, 0.1) is 13.8 Å². The van der Waals surface area contributed by atoms with Gasteiger partial charge in [-0.3, -0.25) is 4.79 Å². The highest BCUT2D eigenvalue weighted by Crippen LogP contribution is 2.22. The molecule has 0 saturated carbocycles. The van der Waals surface area contributed by atoms with E-state index in [0.29, 0.717) is 22.3 Å². The van der Waals surface area contributed by atoms with Crippen LogP contribution in [-0.2, 0) is 9.53 Å². The zero-order chi connectivity index (χ0) is 17.0. The molecule has 0 aromatic carbocycles. The largest absolute Gasteiger partial charge is 0.452 e. The zero-order valence-corrected chi connectivity index (χ0v) is 13.8. The Kier molecular flexibility index (Phi) is 5.31. The number of fused-ring (bicyclic) bond motifs is 1. The van der Waals surface area contributed by atoms with Crippen LogP contribution >= 0.6 is 0 Å². The van der Waals surface area contributed by atoms with Crippen LogP contribution in [0.4, 0.5) is 0 Å². The first-order valence-corrected chi connectivity index (χ1v) is 7.62. The number of carbonyl (C=O) groups excluding carboxylic acids is 2. The lowest BCUT2D eigenvalue weighted by Gasteiger charge is -2.12. The van der Waals surface area contributed by atoms with Crippen molar-refractivity contribution in [1.29, 1.82) is 0 Å². The van der Waals surface area contributed by atoms with Crippen LogP contribution in [0.25, 0.3) is 11.1 Å². The second-order valence-corrected chi connectivity index (χ2v) is 5.59. The van der Waals surface area contributed by atoms with E-state index in [1.165, 1.54) is 0 Å². The summed E-state index contributed by atoms with van der Waals surface area (Å²) in [5, 5.41) is 7.11. The first-order chi connectivity index (χ1) is 10.9. The van der Waals surface area contributed by atoms with E-state index in [4.69, 9.17) is 9.26 Å². The molecule has 2 aromatic heterocycles. The molecule has 1 atom stereocenters. The summed E-state index contributed by atoms with van der Waals surface area (Å²) in [4.78, 5) is 28.2. The molecule has 0 radical (unpaired) electrons. The van der Waals surface area contributed by atoms with Gasteiger partial charge in [-0.05, 0) is 33.3 Å². The molecular formula is C16H21N3O4. The van der Waals surface area contributed by atoms with Crippen molar-refractivity contribution in [2.45, 2.75) is 46.6 Å². The molecule has 2 aromatic rings. The minimum absolute atomic E-state index is 0.0568. The van der Waals surface area contributed by atoms with Crippen LogP contribution in [0.5, 0.6) is 0 Å². The molecule has 1 N–H and O–H groups in total. The molecule has 2 rings (SSSR count). The molecule has 0 aliphatic carbocycles. The van der Waals surface area contributed by atoms with Gasteiger partial charge in [0.05, 0.1) is 16.6 Å². The van der Waals surface area contributed by atoms with Crippen molar-refractivity contribution < 1.29 is 18.8 Å². The Morgan fingerprint density at radius 3 is 2.83 bits per heavy atom. The molecule has 0 aliphatic heterocycles. The predicted octanol–water partition coefficient (Wildman–Crippen LogP) is 2.30. The molecule has 124 valence electrons. The van der Waals surface area contributed by atoms with Crippen LogP contribution in [-0.4, -0.2) is 34.7 Å². The zero-order valence-electron chi connectivity index (χ0n) is 13.8. The summed E-state index contributed by atoms with van der Waals surface area (Å²) >= 11 is 0. The maximum Gasteiger partial charge on any atom is 0.339 e. The summed E-state index contributed by atoms with van der Waals surface area (Å²) < 4.78 is 10.2. The number of aromatic nitrogens is 2. The number of rotatable bonds is 6. The number of amides is 1. The molecule has 0 bridgehead atoms. The lowest BCUT2D eigenvalue weighted by Crippen LogP contribution is -2.35. The number of nitrogens with zero attached hydrogens (tertiary/aromatic N) is 2. The maximum atomic E-state index is 12.3. The summed E-state index contributed by atoms with van der Waals surface area (Å²) in [5.41, 5.74) is 1.76. The number of hydrogen-bond acceptors (Lipinski definition) is 6. The number of carbonyl (C=O) groups is 2. The third-order valence-corrected chi connectivity index (χ3v) is 3.43. The third kappa shape index (κ3) is 4.06. The predicted molar refractivity (Wildman–Crippen MR) is 84.1 cm³/mol. The van der Waals surface area contributed by atoms with Crippen molar-refractivity contribution in [3.05, 3.63) is 23.0 Å². The van der Waals surface area contributed by atoms with Gasteiger partial charge in [-0.15, -0.1) is 0 Å². The molecule has 0 unspecified atom stereocenters. The van der Waals surface area contributed by atoms with Gasteiger partial charge in [0.1, 0.15) is 0 Å². The molecule has 0 fully saturated rings. The molecule has 0 aliphatic rings. The number of pyridine rings is 1. The van der Waals surface area contributed by atoms with E-state index in [-0.39, 0.29) is 24.3 Å². The summed E-state index contributed by atoms with van der Waals surface area (Å²) in [6, 6.07) is 1.66. The first-order valence-electron chi connectivity index (χ1n) is 7.62. The SMILES string of the molecule is CCC[C@@H](C)NC(=O)COC(=O)c1cc(C)nc2onc(C)c12. The highest BCUT2D eigenvalue weighted by atomic mass is 16.5. The van der Waals surface area contributed by atoms with E-state index in [1.54, 1.807) is 19.9 Å². The van der Waals surface area contributed by atoms with E-state index < -0.39 is 5.97 Å². The van der Waals surface area contributed by atoms with Gasteiger partial charge in [0.15, 0.2) is 6.61 Å². The number of hydrogen-bond donors (Lipinski definition) is 1. The number of esters is 1. The van der Waals surface area contributed by atoms with Crippen molar-refractivity contribution >= 4 is 23.0 Å². The molecular weight excluding hydrogens is 298 g/mol. The van der Waals surface area contributed by atoms with Gasteiger partial charge in [0.25, 0.3) is 11.6 Å². The summed E-state index contributed by atoms with van der Waals surface area (Å²) in [6.45, 7) is 7.10. The second-order valence-electron chi connectivity index (χ2n) is 5.59. The minimum atomic E-state index is -0.593. The van der Waals surface area contributed by atoms with E-state index in [0.717, 1.165) is 12.8 Å². The molecule has 0 saturated heterocycles. The van der Waals surface area contributed by atoms with Crippen LogP contribution in [0.15, 0.2) is 10.6 Å². The molecule has 7 nitrogen and oxygen atoms in total. The quantitative estimate of drug-likeness (QED) is 0.821. The lowest BCUT2D eigenvalue weighted by molar-refractivity contribution is -0.124. The minimum Gasteiger partial charge on any atom is -0.452 e. The highest BCUT2D eigenvalue weighted by Gasteiger charge is 2.20. The van der Waals surface area contributed by atoms with Crippen molar-refractivity contribution in [2.24, 2.45) is 0 Å². The molecule has 2 heterocycles. The van der Waals surface area contributed by atoms with E-state index in [9.17, 15) is 9.59 Å². The average molecular weight is 319 g/mol. The molecule has 1 amide bonds. The van der Waals surface area contributed by atoms with Crippen LogP contribution in [0.3, 0.4) is 0 Å². The molecule has 7 heteroatoms. The fourth-order valence-corrected chi connectivity index (χ4v) is 2.41. The Balaban J connectivity index is 2.07. The Labute approximate surface area is 134 Å². The standard InChI is InChI=1S/C16H21N3O4/c1-5-6-9(2)17-13(20)8-22-16(21)12-7-10(3)18-15-14(12)11(4)19-23-15/h7,9H,5-6,8H2,1-4H3,(H,17,20)/t9-/m1/s1. The van der Waals surface area contributed by atoms with Crippen LogP contribution < -0.4 is 5.32 Å². The fourth-order valence-electron chi connectivity index (χ4n) is 2.41. The van der Waals surface area contributed by atoms with Gasteiger partial charge in [0, 0.05) is 11.7 Å². The van der Waals surface area contributed by atoms with Crippen molar-refractivity contribution in [3.63, 3.8) is 0 Å². The van der Waals surface area contributed by atoms with Crippen LogP contribution in [0.1, 0.15) is 48.4 Å². The molecule has 0 spiro atoms. The Morgan fingerprint density at radius 1 is 1.39 bits per heavy atom. The van der Waals surface area contributed by atoms with Crippen LogP contribution in [0.2, 0.25) is 0 Å². The van der Waals surface area contributed by atoms with E-state index in [1.807, 2.05) is 13.8 Å². The number of nitrogens with one attached hydrogen (secondary N) is 1.